The largest absolute Gasteiger partial charge is 0.508 e. The number of nitrogens with zero attached hydrogens (tertiary/aromatic N) is 3. The molecule has 2 atom stereocenters. The van der Waals surface area contributed by atoms with E-state index in [9.17, 15) is 14.7 Å². The second kappa shape index (κ2) is 10.4. The van der Waals surface area contributed by atoms with Crippen molar-refractivity contribution in [3.05, 3.63) is 70.9 Å². The molecule has 10 heteroatoms. The quantitative estimate of drug-likeness (QED) is 0.345. The van der Waals surface area contributed by atoms with E-state index >= 15 is 0 Å². The van der Waals surface area contributed by atoms with Gasteiger partial charge in [-0.05, 0) is 66.8 Å². The molecular weight excluding hydrogens is 470 g/mol. The molecule has 2 heterocycles. The van der Waals surface area contributed by atoms with E-state index in [2.05, 4.69) is 20.6 Å². The number of nitrogens with one attached hydrogen (secondary N) is 2. The Labute approximate surface area is 215 Å². The number of fused-ring (bicyclic) bond motifs is 1. The number of anilines is 3. The zero-order valence-electron chi connectivity index (χ0n) is 20.5. The topological polar surface area (TPSA) is 159 Å². The standard InChI is InChI=1S/C27H31N7O3/c28-22-3-1-2-4-23(22)32-27-30-14-21(24(29)36)25(33-27)31-19-8-5-16-11-12-34(15-18(16)13-19)26(37)17-6-9-20(35)10-7-17/h5-10,13-14,22-23,35H,1-4,11-12,15,28H2,(H2,29,36)(H2,30,31,32,33). The van der Waals surface area contributed by atoms with Gasteiger partial charge in [0.1, 0.15) is 17.1 Å². The molecule has 2 amide bonds. The van der Waals surface area contributed by atoms with Crippen molar-refractivity contribution in [2.24, 2.45) is 11.5 Å². The molecule has 2 aromatic carbocycles. The molecule has 2 aliphatic rings. The lowest BCUT2D eigenvalue weighted by Crippen LogP contribution is -2.43. The summed E-state index contributed by atoms with van der Waals surface area (Å²) < 4.78 is 0. The Morgan fingerprint density at radius 2 is 1.84 bits per heavy atom. The number of primary amides is 1. The number of aromatic hydroxyl groups is 1. The summed E-state index contributed by atoms with van der Waals surface area (Å²) in [7, 11) is 0. The number of rotatable bonds is 6. The first-order valence-electron chi connectivity index (χ1n) is 12.5. The molecule has 1 fully saturated rings. The van der Waals surface area contributed by atoms with Crippen LogP contribution in [0.1, 0.15) is 57.5 Å². The van der Waals surface area contributed by atoms with Crippen LogP contribution in [0.2, 0.25) is 0 Å². The van der Waals surface area contributed by atoms with Crippen LogP contribution < -0.4 is 22.1 Å². The summed E-state index contributed by atoms with van der Waals surface area (Å²) >= 11 is 0. The minimum absolute atomic E-state index is 0.0254. The molecule has 0 spiro atoms. The van der Waals surface area contributed by atoms with Crippen LogP contribution in [0, 0.1) is 0 Å². The van der Waals surface area contributed by atoms with E-state index in [0.717, 1.165) is 48.9 Å². The van der Waals surface area contributed by atoms with Crippen LogP contribution in [-0.2, 0) is 13.0 Å². The molecule has 1 aliphatic heterocycles. The van der Waals surface area contributed by atoms with Crippen molar-refractivity contribution < 1.29 is 14.7 Å². The number of amides is 2. The third-order valence-corrected chi connectivity index (χ3v) is 7.07. The van der Waals surface area contributed by atoms with Gasteiger partial charge in [-0.2, -0.15) is 4.98 Å². The van der Waals surface area contributed by atoms with Crippen LogP contribution in [0.5, 0.6) is 5.75 Å². The zero-order valence-corrected chi connectivity index (χ0v) is 20.5. The third-order valence-electron chi connectivity index (χ3n) is 7.07. The van der Waals surface area contributed by atoms with Crippen LogP contribution in [0.15, 0.2) is 48.7 Å². The zero-order chi connectivity index (χ0) is 25.9. The first-order chi connectivity index (χ1) is 17.9. The Morgan fingerprint density at radius 3 is 2.59 bits per heavy atom. The van der Waals surface area contributed by atoms with E-state index in [1.165, 1.54) is 18.3 Å². The lowest BCUT2D eigenvalue weighted by molar-refractivity contribution is 0.0734. The van der Waals surface area contributed by atoms with Crippen LogP contribution >= 0.6 is 0 Å². The SMILES string of the molecule is NC(=O)c1cnc(NC2CCCCC2N)nc1Nc1ccc2c(c1)CN(C(=O)c1ccc(O)cc1)CC2. The molecule has 0 bridgehead atoms. The van der Waals surface area contributed by atoms with Gasteiger partial charge >= 0.3 is 0 Å². The average Bonchev–Trinajstić information content (AvgIpc) is 2.89. The predicted molar refractivity (Wildman–Crippen MR) is 141 cm³/mol. The number of hydrogen-bond acceptors (Lipinski definition) is 8. The maximum atomic E-state index is 13.0. The molecule has 1 saturated carbocycles. The summed E-state index contributed by atoms with van der Waals surface area (Å²) in [4.78, 5) is 35.7. The third kappa shape index (κ3) is 5.49. The molecule has 5 rings (SSSR count). The van der Waals surface area contributed by atoms with Crippen molar-refractivity contribution >= 4 is 29.3 Å². The number of phenolic OH excluding ortho intramolecular Hbond substituents is 1. The lowest BCUT2D eigenvalue weighted by Gasteiger charge is -2.30. The van der Waals surface area contributed by atoms with E-state index in [1.807, 2.05) is 18.2 Å². The number of nitrogens with two attached hydrogens (primary N) is 2. The van der Waals surface area contributed by atoms with Gasteiger partial charge in [0.25, 0.3) is 11.8 Å². The number of carbonyl (C=O) groups is 2. The van der Waals surface area contributed by atoms with Gasteiger partial charge < -0.3 is 32.1 Å². The highest BCUT2D eigenvalue weighted by Gasteiger charge is 2.24. The average molecular weight is 502 g/mol. The van der Waals surface area contributed by atoms with Crippen LogP contribution in [-0.4, -0.2) is 50.4 Å². The maximum absolute atomic E-state index is 13.0. The smallest absolute Gasteiger partial charge is 0.254 e. The molecule has 1 aliphatic carbocycles. The van der Waals surface area contributed by atoms with Gasteiger partial charge in [-0.1, -0.05) is 18.9 Å². The highest BCUT2D eigenvalue weighted by atomic mass is 16.3. The van der Waals surface area contributed by atoms with Crippen molar-refractivity contribution in [3.8, 4) is 5.75 Å². The highest BCUT2D eigenvalue weighted by Crippen LogP contribution is 2.27. The van der Waals surface area contributed by atoms with Crippen LogP contribution in [0.3, 0.4) is 0 Å². The number of carbonyl (C=O) groups excluding carboxylic acids is 2. The molecule has 7 N–H and O–H groups in total. The van der Waals surface area contributed by atoms with E-state index < -0.39 is 5.91 Å². The number of phenols is 1. The van der Waals surface area contributed by atoms with Gasteiger partial charge in [0.15, 0.2) is 0 Å². The Morgan fingerprint density at radius 1 is 1.05 bits per heavy atom. The van der Waals surface area contributed by atoms with E-state index in [-0.39, 0.29) is 29.3 Å². The Balaban J connectivity index is 1.35. The highest BCUT2D eigenvalue weighted by molar-refractivity contribution is 5.98. The van der Waals surface area contributed by atoms with Crippen molar-refractivity contribution in [1.29, 1.82) is 0 Å². The van der Waals surface area contributed by atoms with Crippen molar-refractivity contribution in [2.75, 3.05) is 17.2 Å². The minimum atomic E-state index is -0.632. The molecule has 2 unspecified atom stereocenters. The van der Waals surface area contributed by atoms with Gasteiger partial charge in [-0.3, -0.25) is 9.59 Å². The molecule has 192 valence electrons. The van der Waals surface area contributed by atoms with Crippen molar-refractivity contribution in [3.63, 3.8) is 0 Å². The van der Waals surface area contributed by atoms with Gasteiger partial charge in [0.2, 0.25) is 5.95 Å². The van der Waals surface area contributed by atoms with Gasteiger partial charge in [-0.25, -0.2) is 4.98 Å². The first kappa shape index (κ1) is 24.5. The summed E-state index contributed by atoms with van der Waals surface area (Å²) in [6.45, 7) is 1.05. The van der Waals surface area contributed by atoms with E-state index in [1.54, 1.807) is 17.0 Å². The second-order valence-electron chi connectivity index (χ2n) is 9.65. The first-order valence-corrected chi connectivity index (χ1v) is 12.5. The molecule has 0 saturated heterocycles. The summed E-state index contributed by atoms with van der Waals surface area (Å²) in [5.41, 5.74) is 15.4. The number of benzene rings is 2. The number of hydrogen-bond donors (Lipinski definition) is 5. The molecule has 1 aromatic heterocycles. The maximum Gasteiger partial charge on any atom is 0.254 e. The molecule has 0 radical (unpaired) electrons. The van der Waals surface area contributed by atoms with E-state index in [4.69, 9.17) is 11.5 Å². The number of aromatic nitrogens is 2. The van der Waals surface area contributed by atoms with Gasteiger partial charge in [-0.15, -0.1) is 0 Å². The van der Waals surface area contributed by atoms with Crippen molar-refractivity contribution in [1.82, 2.24) is 14.9 Å². The summed E-state index contributed by atoms with van der Waals surface area (Å²) in [6.07, 6.45) is 6.25. The molecule has 10 nitrogen and oxygen atoms in total. The second-order valence-corrected chi connectivity index (χ2v) is 9.65. The fourth-order valence-electron chi connectivity index (χ4n) is 4.96. The monoisotopic (exact) mass is 501 g/mol. The summed E-state index contributed by atoms with van der Waals surface area (Å²) in [6, 6.07) is 12.3. The fraction of sp³-hybridized carbons (Fsp3) is 0.333. The van der Waals surface area contributed by atoms with Gasteiger partial charge in [0.05, 0.1) is 0 Å². The summed E-state index contributed by atoms with van der Waals surface area (Å²) in [5, 5.41) is 16.0. The molecule has 3 aromatic rings. The minimum Gasteiger partial charge on any atom is -0.508 e. The molecule has 37 heavy (non-hydrogen) atoms. The van der Waals surface area contributed by atoms with E-state index in [0.29, 0.717) is 30.4 Å². The van der Waals surface area contributed by atoms with Gasteiger partial charge in [0, 0.05) is 42.6 Å². The fourth-order valence-corrected chi connectivity index (χ4v) is 4.96. The van der Waals surface area contributed by atoms with Crippen molar-refractivity contribution in [2.45, 2.75) is 50.7 Å². The Hall–Kier alpha value is -4.18. The lowest BCUT2D eigenvalue weighted by atomic mass is 9.91. The van der Waals surface area contributed by atoms with Crippen LogP contribution in [0.25, 0.3) is 0 Å². The Bertz CT molecular complexity index is 1310. The predicted octanol–water partition coefficient (Wildman–Crippen LogP) is 2.91. The molecular formula is C27H31N7O3. The van der Waals surface area contributed by atoms with Crippen LogP contribution in [0.4, 0.5) is 17.5 Å². The normalized spacial score (nSPS) is 19.1. The Kier molecular flexibility index (Phi) is 6.91. The summed E-state index contributed by atoms with van der Waals surface area (Å²) in [5.74, 6) is 0.0939.